The van der Waals surface area contributed by atoms with Gasteiger partial charge in [0.15, 0.2) is 0 Å². The largest absolute Gasteiger partial charge is 0.515 e. The third kappa shape index (κ3) is 3.65. The molecular formula is C18H20N3O3S2Si+. The molecule has 140 valence electrons. The summed E-state index contributed by atoms with van der Waals surface area (Å²) in [5.41, 5.74) is 4.09. The van der Waals surface area contributed by atoms with Crippen LogP contribution in [0.1, 0.15) is 18.1 Å². The fourth-order valence-electron chi connectivity index (χ4n) is 3.35. The maximum absolute atomic E-state index is 10.9. The second-order valence-corrected chi connectivity index (χ2v) is 11.5. The minimum atomic E-state index is -2.27. The molecule has 0 spiro atoms. The molecule has 0 radical (unpaired) electrons. The molecule has 0 saturated carbocycles. The van der Waals surface area contributed by atoms with Crippen LogP contribution >= 0.6 is 12.9 Å². The maximum atomic E-state index is 10.9. The molecule has 6 nitrogen and oxygen atoms in total. The molecule has 0 bridgehead atoms. The van der Waals surface area contributed by atoms with Gasteiger partial charge in [0, 0.05) is 6.04 Å². The van der Waals surface area contributed by atoms with Crippen molar-refractivity contribution in [2.24, 2.45) is 5.92 Å². The van der Waals surface area contributed by atoms with E-state index in [-0.39, 0.29) is 11.7 Å². The Kier molecular flexibility index (Phi) is 5.04. The minimum absolute atomic E-state index is 0.211. The van der Waals surface area contributed by atoms with Crippen molar-refractivity contribution >= 4 is 49.1 Å². The van der Waals surface area contributed by atoms with Crippen LogP contribution in [0.25, 0.3) is 16.7 Å². The summed E-state index contributed by atoms with van der Waals surface area (Å²) in [6.07, 6.45) is 0.703. The molecule has 0 aliphatic carbocycles. The summed E-state index contributed by atoms with van der Waals surface area (Å²) < 4.78 is 10.9. The summed E-state index contributed by atoms with van der Waals surface area (Å²) in [5.74, 6) is 0.481. The first-order valence-electron chi connectivity index (χ1n) is 8.66. The SMILES string of the molecule is Cc1cc(CC(C)C[Si]2(OS)C=[S+]O2)c(O)c(-n2nc3ccccc3n2)c1. The fourth-order valence-corrected chi connectivity index (χ4v) is 7.62. The number of nitrogens with zero attached hydrogens (tertiary/aromatic N) is 3. The van der Waals surface area contributed by atoms with Gasteiger partial charge in [-0.1, -0.05) is 25.1 Å². The summed E-state index contributed by atoms with van der Waals surface area (Å²) in [7, 11) is -2.27. The summed E-state index contributed by atoms with van der Waals surface area (Å²) in [6.45, 7) is 4.14. The lowest BCUT2D eigenvalue weighted by molar-refractivity contribution is 0.439. The van der Waals surface area contributed by atoms with Crippen molar-refractivity contribution in [1.29, 1.82) is 0 Å². The molecule has 9 heteroatoms. The molecule has 27 heavy (non-hydrogen) atoms. The zero-order chi connectivity index (χ0) is 19.0. The van der Waals surface area contributed by atoms with E-state index in [1.165, 1.54) is 16.4 Å². The van der Waals surface area contributed by atoms with Crippen LogP contribution in [-0.4, -0.2) is 33.7 Å². The van der Waals surface area contributed by atoms with Crippen LogP contribution in [0.2, 0.25) is 6.04 Å². The van der Waals surface area contributed by atoms with Crippen molar-refractivity contribution in [3.63, 3.8) is 0 Å². The topological polar surface area (TPSA) is 69.4 Å². The first-order chi connectivity index (χ1) is 13.0. The van der Waals surface area contributed by atoms with E-state index in [1.54, 1.807) is 0 Å². The predicted octanol–water partition coefficient (Wildman–Crippen LogP) is 3.29. The van der Waals surface area contributed by atoms with Crippen LogP contribution < -0.4 is 0 Å². The Bertz CT molecular complexity index is 993. The van der Waals surface area contributed by atoms with E-state index in [1.807, 2.05) is 48.3 Å². The number of phenolic OH excluding ortho intramolecular Hbond substituents is 1. The third-order valence-corrected chi connectivity index (χ3v) is 10.4. The number of fused-ring (bicyclic) bond motifs is 1. The number of thiol groups is 1. The molecule has 1 N–H and O–H groups in total. The number of aromatic nitrogens is 3. The highest BCUT2D eigenvalue weighted by Gasteiger charge is 2.55. The zero-order valence-corrected chi connectivity index (χ0v) is 17.7. The standard InChI is InChI=1S/C18H19N3O3S2Si/c1-12-7-14(8-13(2)10-27(23-25)11-26-24-27)18(22)17(9-12)21-19-15-5-3-4-6-16(15)20-21/h3-7,9,11,13H,8,10H2,1-2H3,(H-,22,25)/p+1. The van der Waals surface area contributed by atoms with Gasteiger partial charge in [-0.3, -0.25) is 0 Å². The van der Waals surface area contributed by atoms with Gasteiger partial charge in [-0.15, -0.1) is 18.9 Å². The second kappa shape index (κ2) is 7.32. The Balaban J connectivity index is 1.63. The summed E-state index contributed by atoms with van der Waals surface area (Å²) in [5, 5.41) is 19.9. The Morgan fingerprint density at radius 3 is 2.52 bits per heavy atom. The van der Waals surface area contributed by atoms with Gasteiger partial charge >= 0.3 is 20.2 Å². The molecule has 0 saturated heterocycles. The molecule has 3 aromatic rings. The summed E-state index contributed by atoms with van der Waals surface area (Å²) >= 11 is 5.30. The van der Waals surface area contributed by atoms with Crippen molar-refractivity contribution in [2.45, 2.75) is 26.3 Å². The Labute approximate surface area is 168 Å². The number of rotatable bonds is 6. The minimum Gasteiger partial charge on any atom is -0.505 e. The van der Waals surface area contributed by atoms with Gasteiger partial charge in [-0.05, 0) is 61.5 Å². The van der Waals surface area contributed by atoms with Crippen LogP contribution in [0, 0.1) is 12.8 Å². The molecule has 2 aromatic carbocycles. The first kappa shape index (κ1) is 18.6. The smallest absolute Gasteiger partial charge is 0.505 e. The van der Waals surface area contributed by atoms with Crippen LogP contribution in [0.5, 0.6) is 5.75 Å². The molecule has 4 rings (SSSR count). The summed E-state index contributed by atoms with van der Waals surface area (Å²) in [4.78, 5) is 3.53. The van der Waals surface area contributed by atoms with Crippen LogP contribution in [0.3, 0.4) is 0 Å². The lowest BCUT2D eigenvalue weighted by Gasteiger charge is -2.21. The zero-order valence-electron chi connectivity index (χ0n) is 15.0. The van der Waals surface area contributed by atoms with Crippen LogP contribution in [-0.2, 0) is 25.8 Å². The first-order valence-corrected chi connectivity index (χ1v) is 11.9. The fraction of sp³-hybridized carbons (Fsp3) is 0.278. The van der Waals surface area contributed by atoms with Gasteiger partial charge in [0.1, 0.15) is 22.5 Å². The Morgan fingerprint density at radius 2 is 1.96 bits per heavy atom. The van der Waals surface area contributed by atoms with Gasteiger partial charge < -0.3 is 8.98 Å². The number of hydrogen-bond donors (Lipinski definition) is 2. The number of aromatic hydroxyl groups is 1. The van der Waals surface area contributed by atoms with E-state index in [2.05, 4.69) is 30.0 Å². The van der Waals surface area contributed by atoms with Gasteiger partial charge in [0.25, 0.3) is 4.99 Å². The monoisotopic (exact) mass is 418 g/mol. The second-order valence-electron chi connectivity index (χ2n) is 6.98. The van der Waals surface area contributed by atoms with Gasteiger partial charge in [-0.2, -0.15) is 0 Å². The molecular weight excluding hydrogens is 398 g/mol. The van der Waals surface area contributed by atoms with Crippen LogP contribution in [0.15, 0.2) is 36.4 Å². The van der Waals surface area contributed by atoms with Crippen LogP contribution in [0.4, 0.5) is 0 Å². The van der Waals surface area contributed by atoms with E-state index in [0.29, 0.717) is 12.1 Å². The summed E-state index contributed by atoms with van der Waals surface area (Å²) in [6, 6.07) is 12.4. The Hall–Kier alpha value is -1.78. The lowest BCUT2D eigenvalue weighted by atomic mass is 9.99. The molecule has 2 unspecified atom stereocenters. The molecule has 2 atom stereocenters. The third-order valence-electron chi connectivity index (χ3n) is 4.59. The van der Waals surface area contributed by atoms with Crippen molar-refractivity contribution in [2.75, 3.05) is 0 Å². The number of benzene rings is 2. The molecule has 0 amide bonds. The van der Waals surface area contributed by atoms with Crippen molar-refractivity contribution in [3.05, 3.63) is 47.5 Å². The highest BCUT2D eigenvalue weighted by atomic mass is 32.2. The van der Waals surface area contributed by atoms with Crippen molar-refractivity contribution in [1.82, 2.24) is 15.0 Å². The maximum Gasteiger partial charge on any atom is 0.515 e. The van der Waals surface area contributed by atoms with E-state index < -0.39 is 8.56 Å². The number of aryl methyl sites for hydroxylation is 1. The van der Waals surface area contributed by atoms with Gasteiger partial charge in [0.05, 0.1) is 0 Å². The van der Waals surface area contributed by atoms with E-state index in [4.69, 9.17) is 7.74 Å². The molecule has 2 heterocycles. The van der Waals surface area contributed by atoms with E-state index >= 15 is 0 Å². The number of hydrogen-bond acceptors (Lipinski definition) is 6. The van der Waals surface area contributed by atoms with E-state index in [0.717, 1.165) is 28.2 Å². The highest BCUT2D eigenvalue weighted by molar-refractivity contribution is 7.85. The van der Waals surface area contributed by atoms with Gasteiger partial charge in [-0.25, -0.2) is 0 Å². The van der Waals surface area contributed by atoms with Gasteiger partial charge in [0.2, 0.25) is 0 Å². The van der Waals surface area contributed by atoms with Crippen molar-refractivity contribution < 1.29 is 12.9 Å². The lowest BCUT2D eigenvalue weighted by Crippen LogP contribution is -2.49. The number of phenols is 1. The Morgan fingerprint density at radius 1 is 1.30 bits per heavy atom. The molecule has 1 aliphatic rings. The quantitative estimate of drug-likeness (QED) is 0.211. The molecule has 1 aromatic heterocycles. The molecule has 0 fully saturated rings. The molecule has 1 aliphatic heterocycles. The normalized spacial score (nSPS) is 20.0. The predicted molar refractivity (Wildman–Crippen MR) is 113 cm³/mol. The average Bonchev–Trinajstić information content (AvgIpc) is 3.05. The highest BCUT2D eigenvalue weighted by Crippen LogP contribution is 2.32. The average molecular weight is 419 g/mol. The van der Waals surface area contributed by atoms with Crippen molar-refractivity contribution in [3.8, 4) is 11.4 Å². The van der Waals surface area contributed by atoms with E-state index in [9.17, 15) is 5.11 Å².